The summed E-state index contributed by atoms with van der Waals surface area (Å²) in [5, 5.41) is 16.7. The Morgan fingerprint density at radius 1 is 0.941 bits per heavy atom. The lowest BCUT2D eigenvalue weighted by Gasteiger charge is -2.37. The number of furan rings is 1. The second kappa shape index (κ2) is 7.84. The van der Waals surface area contributed by atoms with Crippen LogP contribution in [0, 0.1) is 11.3 Å². The number of sulfone groups is 1. The number of nitriles is 1. The van der Waals surface area contributed by atoms with Crippen molar-refractivity contribution in [3.05, 3.63) is 42.0 Å². The van der Waals surface area contributed by atoms with Gasteiger partial charge >= 0.3 is 0 Å². The van der Waals surface area contributed by atoms with Crippen molar-refractivity contribution in [1.82, 2.24) is 10.6 Å². The summed E-state index contributed by atoms with van der Waals surface area (Å²) in [6.07, 6.45) is 6.07. The van der Waals surface area contributed by atoms with Gasteiger partial charge in [-0.1, -0.05) is 19.3 Å². The first-order valence-electron chi connectivity index (χ1n) is 11.4. The smallest absolute Gasteiger partial charge is 0.252 e. The van der Waals surface area contributed by atoms with Crippen molar-refractivity contribution >= 4 is 43.6 Å². The van der Waals surface area contributed by atoms with Crippen LogP contribution >= 0.6 is 0 Å². The van der Waals surface area contributed by atoms with Gasteiger partial charge in [0.25, 0.3) is 5.91 Å². The van der Waals surface area contributed by atoms with Crippen LogP contribution in [0.4, 0.5) is 0 Å². The molecule has 2 N–H and O–H groups in total. The van der Waals surface area contributed by atoms with E-state index in [4.69, 9.17) is 4.42 Å². The van der Waals surface area contributed by atoms with Crippen LogP contribution < -0.4 is 10.6 Å². The highest BCUT2D eigenvalue weighted by Crippen LogP contribution is 2.37. The molecule has 0 bridgehead atoms. The Hall–Kier alpha value is -3.38. The molecule has 34 heavy (non-hydrogen) atoms. The molecular weight excluding hydrogens is 454 g/mol. The minimum Gasteiger partial charge on any atom is -0.456 e. The Morgan fingerprint density at radius 3 is 2.21 bits per heavy atom. The van der Waals surface area contributed by atoms with Crippen LogP contribution in [0.2, 0.25) is 0 Å². The van der Waals surface area contributed by atoms with Crippen molar-refractivity contribution in [3.63, 3.8) is 0 Å². The number of nitrogens with one attached hydrogen (secondary N) is 2. The molecule has 9 heteroatoms. The summed E-state index contributed by atoms with van der Waals surface area (Å²) in [6.45, 7) is 0. The Balaban J connectivity index is 1.45. The molecule has 1 aromatic heterocycles. The summed E-state index contributed by atoms with van der Waals surface area (Å²) < 4.78 is 29.6. The van der Waals surface area contributed by atoms with E-state index in [0.29, 0.717) is 42.4 Å². The first-order valence-corrected chi connectivity index (χ1v) is 13.3. The van der Waals surface area contributed by atoms with E-state index < -0.39 is 26.8 Å². The summed E-state index contributed by atoms with van der Waals surface area (Å²) in [4.78, 5) is 26.6. The monoisotopic (exact) mass is 479 g/mol. The molecule has 0 aliphatic heterocycles. The highest BCUT2D eigenvalue weighted by Gasteiger charge is 2.50. The number of hydrogen-bond donors (Lipinski definition) is 2. The van der Waals surface area contributed by atoms with Crippen LogP contribution in [0.5, 0.6) is 0 Å². The quantitative estimate of drug-likeness (QED) is 0.575. The van der Waals surface area contributed by atoms with Gasteiger partial charge in [0.1, 0.15) is 22.2 Å². The van der Waals surface area contributed by atoms with Crippen molar-refractivity contribution in [3.8, 4) is 6.07 Å². The fraction of sp³-hybridized carbons (Fsp3) is 0.400. The van der Waals surface area contributed by atoms with E-state index in [1.54, 1.807) is 24.3 Å². The van der Waals surface area contributed by atoms with Crippen LogP contribution in [-0.4, -0.2) is 37.6 Å². The second-order valence-electron chi connectivity index (χ2n) is 9.49. The zero-order chi connectivity index (χ0) is 24.1. The molecule has 2 amide bonds. The molecule has 5 rings (SSSR count). The summed E-state index contributed by atoms with van der Waals surface area (Å²) >= 11 is 0. The molecule has 3 aromatic rings. The Labute approximate surface area is 197 Å². The lowest BCUT2D eigenvalue weighted by Crippen LogP contribution is -2.61. The number of fused-ring (bicyclic) bond motifs is 3. The maximum atomic E-state index is 13.2. The number of amides is 2. The summed E-state index contributed by atoms with van der Waals surface area (Å²) in [5.74, 6) is -0.684. The molecule has 2 aliphatic rings. The minimum absolute atomic E-state index is 0.160. The third kappa shape index (κ3) is 3.92. The van der Waals surface area contributed by atoms with Gasteiger partial charge in [-0.2, -0.15) is 5.26 Å². The molecule has 1 heterocycles. The molecule has 0 atom stereocenters. The fourth-order valence-electron chi connectivity index (χ4n) is 4.71. The van der Waals surface area contributed by atoms with Gasteiger partial charge < -0.3 is 15.1 Å². The SMILES string of the molecule is CS(=O)(=O)c1ccc2c(c1)oc1cc(C(=O)NC3(C(=O)NC4(C#N)CC4)CCCCC3)ccc12. The normalized spacial score (nSPS) is 18.8. The number of hydrogen-bond acceptors (Lipinski definition) is 6. The van der Waals surface area contributed by atoms with Crippen LogP contribution in [0.15, 0.2) is 45.7 Å². The number of carbonyl (C=O) groups is 2. The van der Waals surface area contributed by atoms with Crippen LogP contribution in [0.3, 0.4) is 0 Å². The summed E-state index contributed by atoms with van der Waals surface area (Å²) in [7, 11) is -3.38. The van der Waals surface area contributed by atoms with Crippen molar-refractivity contribution in [2.75, 3.05) is 6.26 Å². The molecule has 2 fully saturated rings. The molecule has 0 unspecified atom stereocenters. The largest absolute Gasteiger partial charge is 0.456 e. The van der Waals surface area contributed by atoms with Crippen molar-refractivity contribution < 1.29 is 22.4 Å². The van der Waals surface area contributed by atoms with Crippen LogP contribution in [0.25, 0.3) is 21.9 Å². The van der Waals surface area contributed by atoms with Gasteiger partial charge in [-0.3, -0.25) is 9.59 Å². The zero-order valence-corrected chi connectivity index (χ0v) is 19.6. The van der Waals surface area contributed by atoms with Gasteiger partial charge in [0, 0.05) is 28.7 Å². The maximum absolute atomic E-state index is 13.2. The van der Waals surface area contributed by atoms with Crippen molar-refractivity contribution in [1.29, 1.82) is 5.26 Å². The van der Waals surface area contributed by atoms with Gasteiger partial charge in [-0.05, 0) is 56.0 Å². The number of rotatable bonds is 5. The number of carbonyl (C=O) groups excluding carboxylic acids is 2. The summed E-state index contributed by atoms with van der Waals surface area (Å²) in [6, 6.07) is 11.9. The molecular formula is C25H25N3O5S. The van der Waals surface area contributed by atoms with Crippen LogP contribution in [-0.2, 0) is 14.6 Å². The average molecular weight is 480 g/mol. The molecule has 0 saturated heterocycles. The molecule has 0 radical (unpaired) electrons. The highest BCUT2D eigenvalue weighted by atomic mass is 32.2. The number of nitrogens with zero attached hydrogens (tertiary/aromatic N) is 1. The number of benzene rings is 2. The van der Waals surface area contributed by atoms with E-state index in [0.717, 1.165) is 36.3 Å². The minimum atomic E-state index is -3.38. The standard InChI is InChI=1S/C25H25N3O5S/c1-34(31,32)17-6-8-19-18-7-5-16(13-20(18)33-21(19)14-17)22(29)27-25(9-3-2-4-10-25)23(30)28-24(15-26)11-12-24/h5-8,13-14H,2-4,9-12H2,1H3,(H,27,29)(H,28,30). The van der Waals surface area contributed by atoms with Gasteiger partial charge in [0.05, 0.1) is 11.0 Å². The average Bonchev–Trinajstić information content (AvgIpc) is 3.49. The predicted octanol–water partition coefficient (Wildman–Crippen LogP) is 3.59. The zero-order valence-electron chi connectivity index (χ0n) is 18.8. The summed E-state index contributed by atoms with van der Waals surface area (Å²) in [5.41, 5.74) is -0.630. The first-order chi connectivity index (χ1) is 16.1. The second-order valence-corrected chi connectivity index (χ2v) is 11.5. The first kappa shape index (κ1) is 22.4. The lowest BCUT2D eigenvalue weighted by atomic mass is 9.80. The Morgan fingerprint density at radius 2 is 1.59 bits per heavy atom. The molecule has 2 aliphatic carbocycles. The topological polar surface area (TPSA) is 129 Å². The highest BCUT2D eigenvalue weighted by molar-refractivity contribution is 7.90. The molecule has 0 spiro atoms. The van der Waals surface area contributed by atoms with E-state index in [2.05, 4.69) is 16.7 Å². The van der Waals surface area contributed by atoms with E-state index in [-0.39, 0.29) is 10.8 Å². The van der Waals surface area contributed by atoms with E-state index in [1.807, 2.05) is 0 Å². The third-order valence-corrected chi connectivity index (χ3v) is 8.06. The van der Waals surface area contributed by atoms with Gasteiger partial charge in [0.15, 0.2) is 9.84 Å². The molecule has 8 nitrogen and oxygen atoms in total. The fourth-order valence-corrected chi connectivity index (χ4v) is 5.35. The molecule has 2 saturated carbocycles. The van der Waals surface area contributed by atoms with Gasteiger partial charge in [-0.15, -0.1) is 0 Å². The third-order valence-electron chi connectivity index (χ3n) is 6.95. The van der Waals surface area contributed by atoms with Gasteiger partial charge in [-0.25, -0.2) is 8.42 Å². The van der Waals surface area contributed by atoms with E-state index in [9.17, 15) is 23.3 Å². The van der Waals surface area contributed by atoms with Crippen molar-refractivity contribution in [2.24, 2.45) is 0 Å². The molecule has 176 valence electrons. The predicted molar refractivity (Wildman–Crippen MR) is 126 cm³/mol. The lowest BCUT2D eigenvalue weighted by molar-refractivity contribution is -0.129. The maximum Gasteiger partial charge on any atom is 0.252 e. The Bertz CT molecular complexity index is 1470. The van der Waals surface area contributed by atoms with Crippen molar-refractivity contribution in [2.45, 2.75) is 60.9 Å². The van der Waals surface area contributed by atoms with E-state index >= 15 is 0 Å². The molecule has 2 aromatic carbocycles. The van der Waals surface area contributed by atoms with Gasteiger partial charge in [0.2, 0.25) is 5.91 Å². The Kier molecular flexibility index (Phi) is 5.17. The van der Waals surface area contributed by atoms with E-state index in [1.165, 1.54) is 12.1 Å². The van der Waals surface area contributed by atoms with Crippen LogP contribution in [0.1, 0.15) is 55.3 Å².